The highest BCUT2D eigenvalue weighted by Gasteiger charge is 2.19. The van der Waals surface area contributed by atoms with Crippen molar-refractivity contribution in [3.8, 4) is 0 Å². The van der Waals surface area contributed by atoms with Gasteiger partial charge >= 0.3 is 0 Å². The maximum absolute atomic E-state index is 4.56. The van der Waals surface area contributed by atoms with Crippen LogP contribution < -0.4 is 10.2 Å². The lowest BCUT2D eigenvalue weighted by Gasteiger charge is -2.17. The van der Waals surface area contributed by atoms with E-state index in [-0.39, 0.29) is 0 Å². The highest BCUT2D eigenvalue weighted by molar-refractivity contribution is 9.10. The lowest BCUT2D eigenvalue weighted by atomic mass is 10.2. The third-order valence-electron chi connectivity index (χ3n) is 3.39. The van der Waals surface area contributed by atoms with Crippen LogP contribution in [-0.4, -0.2) is 18.1 Å². The highest BCUT2D eigenvalue weighted by Crippen LogP contribution is 2.23. The van der Waals surface area contributed by atoms with Gasteiger partial charge in [-0.1, -0.05) is 6.07 Å². The molecular formula is C15H18BrN3S. The zero-order chi connectivity index (χ0) is 13.9. The van der Waals surface area contributed by atoms with E-state index >= 15 is 0 Å². The number of pyridine rings is 1. The van der Waals surface area contributed by atoms with Gasteiger partial charge in [-0.05, 0) is 46.5 Å². The fraction of sp³-hybridized carbons (Fsp3) is 0.400. The van der Waals surface area contributed by atoms with Crippen molar-refractivity contribution in [1.29, 1.82) is 0 Å². The quantitative estimate of drug-likeness (QED) is 0.857. The van der Waals surface area contributed by atoms with Gasteiger partial charge in [0.15, 0.2) is 0 Å². The molecule has 2 heterocycles. The van der Waals surface area contributed by atoms with Crippen LogP contribution in [0.15, 0.2) is 34.2 Å². The molecule has 0 atom stereocenters. The van der Waals surface area contributed by atoms with Gasteiger partial charge in [-0.15, -0.1) is 11.3 Å². The Bertz CT molecular complexity index is 563. The van der Waals surface area contributed by atoms with E-state index in [4.69, 9.17) is 0 Å². The second-order valence-corrected chi connectivity index (χ2v) is 7.18. The second-order valence-electron chi connectivity index (χ2n) is 5.27. The number of rotatable bonds is 6. The van der Waals surface area contributed by atoms with E-state index in [1.54, 1.807) is 11.3 Å². The largest absolute Gasteiger partial charge is 0.355 e. The van der Waals surface area contributed by atoms with Gasteiger partial charge in [0.05, 0.1) is 6.54 Å². The van der Waals surface area contributed by atoms with Crippen LogP contribution in [0.4, 0.5) is 5.82 Å². The number of aromatic nitrogens is 1. The monoisotopic (exact) mass is 351 g/mol. The zero-order valence-corrected chi connectivity index (χ0v) is 13.9. The van der Waals surface area contributed by atoms with Crippen LogP contribution in [0.2, 0.25) is 0 Å². The van der Waals surface area contributed by atoms with Crippen LogP contribution in [0.3, 0.4) is 0 Å². The van der Waals surface area contributed by atoms with Crippen LogP contribution in [-0.2, 0) is 13.1 Å². The number of hydrogen-bond donors (Lipinski definition) is 1. The Morgan fingerprint density at radius 2 is 2.30 bits per heavy atom. The molecule has 1 saturated carbocycles. The molecule has 0 amide bonds. The summed E-state index contributed by atoms with van der Waals surface area (Å²) < 4.78 is 1.15. The molecule has 3 rings (SSSR count). The second kappa shape index (κ2) is 6.24. The van der Waals surface area contributed by atoms with E-state index in [2.05, 4.69) is 61.8 Å². The lowest BCUT2D eigenvalue weighted by molar-refractivity contribution is 0.685. The van der Waals surface area contributed by atoms with E-state index in [1.165, 1.54) is 23.3 Å². The molecule has 1 fully saturated rings. The molecular weight excluding hydrogens is 334 g/mol. The minimum Gasteiger partial charge on any atom is -0.355 e. The first kappa shape index (κ1) is 14.0. The van der Waals surface area contributed by atoms with Gasteiger partial charge in [-0.25, -0.2) is 4.98 Å². The summed E-state index contributed by atoms with van der Waals surface area (Å²) in [5.41, 5.74) is 1.26. The van der Waals surface area contributed by atoms with Crippen molar-refractivity contribution in [1.82, 2.24) is 10.3 Å². The summed E-state index contributed by atoms with van der Waals surface area (Å²) in [5.74, 6) is 1.02. The smallest absolute Gasteiger partial charge is 0.128 e. The Kier molecular flexibility index (Phi) is 4.38. The lowest BCUT2D eigenvalue weighted by Crippen LogP contribution is -2.18. The first-order valence-corrected chi connectivity index (χ1v) is 8.50. The molecule has 1 aliphatic rings. The molecule has 106 valence electrons. The number of anilines is 1. The van der Waals surface area contributed by atoms with Crippen molar-refractivity contribution in [3.63, 3.8) is 0 Å². The molecule has 5 heteroatoms. The minimum atomic E-state index is 0.745. The zero-order valence-electron chi connectivity index (χ0n) is 11.5. The average Bonchev–Trinajstić information content (AvgIpc) is 3.20. The van der Waals surface area contributed by atoms with Gasteiger partial charge in [0.2, 0.25) is 0 Å². The molecule has 2 aromatic rings. The van der Waals surface area contributed by atoms with Crippen molar-refractivity contribution in [2.45, 2.75) is 32.0 Å². The van der Waals surface area contributed by atoms with Gasteiger partial charge in [0.25, 0.3) is 0 Å². The molecule has 0 aromatic carbocycles. The molecule has 1 aliphatic carbocycles. The van der Waals surface area contributed by atoms with Crippen molar-refractivity contribution in [2.75, 3.05) is 11.9 Å². The van der Waals surface area contributed by atoms with E-state index in [0.29, 0.717) is 0 Å². The van der Waals surface area contributed by atoms with Gasteiger partial charge in [0.1, 0.15) is 5.82 Å². The molecule has 1 N–H and O–H groups in total. The molecule has 0 radical (unpaired) electrons. The highest BCUT2D eigenvalue weighted by atomic mass is 79.9. The first-order valence-electron chi connectivity index (χ1n) is 6.83. The summed E-state index contributed by atoms with van der Waals surface area (Å²) in [6.45, 7) is 1.82. The molecule has 2 aromatic heterocycles. The number of nitrogens with zero attached hydrogens (tertiary/aromatic N) is 2. The molecule has 0 aliphatic heterocycles. The molecule has 0 unspecified atom stereocenters. The standard InChI is InChI=1S/C15H18BrN3S/c1-19(9-14-6-12(16)10-20-14)15-5-2-11(8-18-15)7-17-13-3-4-13/h2,5-6,8,10,13,17H,3-4,7,9H2,1H3. The predicted molar refractivity (Wildman–Crippen MR) is 88.2 cm³/mol. The summed E-state index contributed by atoms with van der Waals surface area (Å²) >= 11 is 5.26. The summed E-state index contributed by atoms with van der Waals surface area (Å²) in [5, 5.41) is 5.62. The van der Waals surface area contributed by atoms with Crippen molar-refractivity contribution >= 4 is 33.1 Å². The summed E-state index contributed by atoms with van der Waals surface area (Å²) in [6.07, 6.45) is 4.63. The van der Waals surface area contributed by atoms with Crippen LogP contribution in [0, 0.1) is 0 Å². The predicted octanol–water partition coefficient (Wildman–Crippen LogP) is 3.79. The third kappa shape index (κ3) is 3.81. The van der Waals surface area contributed by atoms with E-state index < -0.39 is 0 Å². The Morgan fingerprint density at radius 1 is 1.45 bits per heavy atom. The van der Waals surface area contributed by atoms with E-state index in [9.17, 15) is 0 Å². The van der Waals surface area contributed by atoms with Crippen LogP contribution in [0.5, 0.6) is 0 Å². The Hall–Kier alpha value is -0.910. The van der Waals surface area contributed by atoms with Crippen LogP contribution in [0.1, 0.15) is 23.3 Å². The number of hydrogen-bond acceptors (Lipinski definition) is 4. The number of nitrogens with one attached hydrogen (secondary N) is 1. The fourth-order valence-electron chi connectivity index (χ4n) is 2.05. The normalized spacial score (nSPS) is 14.5. The Labute approximate surface area is 132 Å². The van der Waals surface area contributed by atoms with Crippen molar-refractivity contribution in [2.24, 2.45) is 0 Å². The molecule has 20 heavy (non-hydrogen) atoms. The topological polar surface area (TPSA) is 28.2 Å². The van der Waals surface area contributed by atoms with Crippen LogP contribution in [0.25, 0.3) is 0 Å². The van der Waals surface area contributed by atoms with E-state index in [1.807, 2.05) is 6.20 Å². The maximum atomic E-state index is 4.56. The Balaban J connectivity index is 1.57. The van der Waals surface area contributed by atoms with Crippen molar-refractivity contribution in [3.05, 3.63) is 44.7 Å². The Morgan fingerprint density at radius 3 is 2.90 bits per heavy atom. The van der Waals surface area contributed by atoms with Crippen LogP contribution >= 0.6 is 27.3 Å². The summed E-state index contributed by atoms with van der Waals surface area (Å²) in [4.78, 5) is 8.07. The molecule has 3 nitrogen and oxygen atoms in total. The maximum Gasteiger partial charge on any atom is 0.128 e. The van der Waals surface area contributed by atoms with E-state index in [0.717, 1.165) is 29.4 Å². The molecule has 0 bridgehead atoms. The average molecular weight is 352 g/mol. The summed E-state index contributed by atoms with van der Waals surface area (Å²) in [6, 6.07) is 7.18. The van der Waals surface area contributed by atoms with Gasteiger partial charge in [-0.2, -0.15) is 0 Å². The minimum absolute atomic E-state index is 0.745. The fourth-order valence-corrected chi connectivity index (χ4v) is 3.55. The third-order valence-corrected chi connectivity index (χ3v) is 5.07. The van der Waals surface area contributed by atoms with Crippen molar-refractivity contribution < 1.29 is 0 Å². The molecule has 0 saturated heterocycles. The SMILES string of the molecule is CN(Cc1cc(Br)cs1)c1ccc(CNC2CC2)cn1. The van der Waals surface area contributed by atoms with Gasteiger partial charge in [-0.3, -0.25) is 0 Å². The van der Waals surface area contributed by atoms with Gasteiger partial charge < -0.3 is 10.2 Å². The summed E-state index contributed by atoms with van der Waals surface area (Å²) in [7, 11) is 2.08. The molecule has 0 spiro atoms. The number of halogens is 1. The van der Waals surface area contributed by atoms with Gasteiger partial charge in [0, 0.05) is 40.6 Å². The first-order chi connectivity index (χ1) is 9.70. The number of thiophene rings is 1.